The third-order valence-corrected chi connectivity index (χ3v) is 4.85. The first-order valence-electron chi connectivity index (χ1n) is 8.96. The Labute approximate surface area is 174 Å². The first-order chi connectivity index (χ1) is 14.7. The molecule has 0 saturated carbocycles. The minimum absolute atomic E-state index is 0.00896. The van der Waals surface area contributed by atoms with E-state index in [9.17, 15) is 20.2 Å². The normalized spacial score (nSPS) is 15.7. The van der Waals surface area contributed by atoms with Gasteiger partial charge in [0.05, 0.1) is 9.85 Å². The second-order valence-corrected chi connectivity index (χ2v) is 6.95. The molecule has 1 aliphatic heterocycles. The van der Waals surface area contributed by atoms with E-state index in [1.54, 1.807) is 26.0 Å². The molecule has 158 valence electrons. The number of anilines is 4. The molecule has 0 amide bonds. The van der Waals surface area contributed by atoms with Crippen molar-refractivity contribution in [3.63, 3.8) is 0 Å². The number of hydrogen-bond donors (Lipinski definition) is 2. The number of nitrogens with two attached hydrogens (primary N) is 1. The van der Waals surface area contributed by atoms with Gasteiger partial charge in [0, 0.05) is 12.1 Å². The van der Waals surface area contributed by atoms with Crippen LogP contribution in [0.1, 0.15) is 11.1 Å². The molecule has 4 rings (SSSR count). The summed E-state index contributed by atoms with van der Waals surface area (Å²) in [5.74, 6) is -0.358. The summed E-state index contributed by atoms with van der Waals surface area (Å²) < 4.78 is 4.84. The number of nitrogens with one attached hydrogen (secondary N) is 1. The van der Waals surface area contributed by atoms with Crippen molar-refractivity contribution in [3.8, 4) is 0 Å². The van der Waals surface area contributed by atoms with Crippen molar-refractivity contribution in [2.45, 2.75) is 20.0 Å². The van der Waals surface area contributed by atoms with Crippen LogP contribution in [0.15, 0.2) is 41.0 Å². The highest BCUT2D eigenvalue weighted by molar-refractivity contribution is 6.12. The highest BCUT2D eigenvalue weighted by Crippen LogP contribution is 2.45. The van der Waals surface area contributed by atoms with Gasteiger partial charge in [-0.05, 0) is 47.4 Å². The van der Waals surface area contributed by atoms with Crippen LogP contribution in [0.2, 0.25) is 0 Å². The fourth-order valence-corrected chi connectivity index (χ4v) is 3.43. The Bertz CT molecular complexity index is 1240. The van der Waals surface area contributed by atoms with Gasteiger partial charge in [-0.15, -0.1) is 0 Å². The SMILES string of the molecule is Cc1ccc(N2C(=N)C(N)N(c3ccc(C)cc3[N+](=O)[O-])c3nonc32)c([N+](=O)[O-])c1. The van der Waals surface area contributed by atoms with Crippen molar-refractivity contribution in [2.24, 2.45) is 5.73 Å². The number of nitro benzene ring substituents is 2. The number of aryl methyl sites for hydroxylation is 2. The van der Waals surface area contributed by atoms with Crippen molar-refractivity contribution in [2.75, 3.05) is 9.80 Å². The second kappa shape index (κ2) is 7.14. The van der Waals surface area contributed by atoms with Crippen LogP contribution in [0, 0.1) is 39.5 Å². The Morgan fingerprint density at radius 3 is 2.06 bits per heavy atom. The fourth-order valence-electron chi connectivity index (χ4n) is 3.43. The van der Waals surface area contributed by atoms with E-state index >= 15 is 0 Å². The lowest BCUT2D eigenvalue weighted by Gasteiger charge is -2.38. The van der Waals surface area contributed by atoms with E-state index in [2.05, 4.69) is 10.3 Å². The number of fused-ring (bicyclic) bond motifs is 1. The molecule has 0 aliphatic carbocycles. The molecule has 13 nitrogen and oxygen atoms in total. The molecule has 0 fully saturated rings. The molecule has 3 N–H and O–H groups in total. The molecule has 31 heavy (non-hydrogen) atoms. The molecule has 2 heterocycles. The van der Waals surface area contributed by atoms with Crippen LogP contribution in [0.4, 0.5) is 34.4 Å². The van der Waals surface area contributed by atoms with E-state index in [0.717, 1.165) is 4.90 Å². The van der Waals surface area contributed by atoms with Gasteiger partial charge in [0.15, 0.2) is 0 Å². The zero-order chi connectivity index (χ0) is 22.4. The van der Waals surface area contributed by atoms with Crippen molar-refractivity contribution in [3.05, 3.63) is 67.8 Å². The predicted octanol–water partition coefficient (Wildman–Crippen LogP) is 3.05. The van der Waals surface area contributed by atoms with Crippen LogP contribution >= 0.6 is 0 Å². The number of rotatable bonds is 4. The average Bonchev–Trinajstić information content (AvgIpc) is 3.19. The van der Waals surface area contributed by atoms with E-state index in [0.29, 0.717) is 11.1 Å². The smallest absolute Gasteiger partial charge is 0.293 e. The van der Waals surface area contributed by atoms with Gasteiger partial charge in [-0.2, -0.15) is 0 Å². The molecule has 1 unspecified atom stereocenters. The molecule has 0 spiro atoms. The van der Waals surface area contributed by atoms with Gasteiger partial charge in [-0.25, -0.2) is 4.63 Å². The zero-order valence-electron chi connectivity index (χ0n) is 16.3. The third-order valence-electron chi connectivity index (χ3n) is 4.85. The van der Waals surface area contributed by atoms with Gasteiger partial charge in [0.2, 0.25) is 11.6 Å². The van der Waals surface area contributed by atoms with Gasteiger partial charge in [0.1, 0.15) is 23.4 Å². The topological polar surface area (TPSA) is 182 Å². The quantitative estimate of drug-likeness (QED) is 0.466. The van der Waals surface area contributed by atoms with Crippen LogP contribution in [0.25, 0.3) is 0 Å². The van der Waals surface area contributed by atoms with Crippen molar-refractivity contribution in [1.82, 2.24) is 10.3 Å². The van der Waals surface area contributed by atoms with Crippen LogP contribution in [-0.4, -0.2) is 32.2 Å². The predicted molar refractivity (Wildman–Crippen MR) is 110 cm³/mol. The minimum Gasteiger partial charge on any atom is -0.305 e. The van der Waals surface area contributed by atoms with Gasteiger partial charge < -0.3 is 5.73 Å². The zero-order valence-corrected chi connectivity index (χ0v) is 16.3. The highest BCUT2D eigenvalue weighted by Gasteiger charge is 2.43. The highest BCUT2D eigenvalue weighted by atomic mass is 16.6. The lowest BCUT2D eigenvalue weighted by Crippen LogP contribution is -2.54. The van der Waals surface area contributed by atoms with E-state index in [1.807, 2.05) is 0 Å². The second-order valence-electron chi connectivity index (χ2n) is 6.95. The Hall–Kier alpha value is -4.39. The molecule has 1 aliphatic rings. The molecule has 0 bridgehead atoms. The van der Waals surface area contributed by atoms with Crippen LogP contribution in [0.5, 0.6) is 0 Å². The summed E-state index contributed by atoms with van der Waals surface area (Å²) in [6, 6.07) is 8.99. The number of hydrogen-bond acceptors (Lipinski definition) is 10. The number of benzene rings is 2. The summed E-state index contributed by atoms with van der Waals surface area (Å²) in [6.45, 7) is 3.40. The van der Waals surface area contributed by atoms with Crippen molar-refractivity contribution < 1.29 is 14.5 Å². The summed E-state index contributed by atoms with van der Waals surface area (Å²) in [7, 11) is 0. The third kappa shape index (κ3) is 3.12. The summed E-state index contributed by atoms with van der Waals surface area (Å²) in [5.41, 5.74) is 7.21. The van der Waals surface area contributed by atoms with Crippen LogP contribution < -0.4 is 15.5 Å². The Kier molecular flexibility index (Phi) is 4.58. The molecule has 1 atom stereocenters. The van der Waals surface area contributed by atoms with E-state index in [-0.39, 0.29) is 40.2 Å². The van der Waals surface area contributed by atoms with Gasteiger partial charge in [-0.1, -0.05) is 12.1 Å². The summed E-state index contributed by atoms with van der Waals surface area (Å²) in [5, 5.41) is 39.5. The standard InChI is InChI=1S/C18H16N8O5/c1-9-3-5-11(13(7-9)25(27)28)23-15(19)16(20)24(18-17(23)21-31-22-18)12-6-4-10(2)8-14(12)26(29)30/h3-8,15,20H,19H2,1-2H3. The fraction of sp³-hybridized carbons (Fsp3) is 0.167. The first-order valence-corrected chi connectivity index (χ1v) is 8.96. The minimum atomic E-state index is -1.26. The number of nitrogens with zero attached hydrogens (tertiary/aromatic N) is 6. The largest absolute Gasteiger partial charge is 0.305 e. The number of nitro groups is 2. The van der Waals surface area contributed by atoms with E-state index in [1.165, 1.54) is 29.2 Å². The Morgan fingerprint density at radius 2 is 1.48 bits per heavy atom. The molecular formula is C18H16N8O5. The molecule has 13 heteroatoms. The summed E-state index contributed by atoms with van der Waals surface area (Å²) >= 11 is 0. The Balaban J connectivity index is 1.92. The van der Waals surface area contributed by atoms with Crippen molar-refractivity contribution in [1.29, 1.82) is 5.41 Å². The molecule has 2 aromatic carbocycles. The Morgan fingerprint density at radius 1 is 0.968 bits per heavy atom. The maximum atomic E-state index is 11.6. The van der Waals surface area contributed by atoms with Crippen LogP contribution in [0.3, 0.4) is 0 Å². The summed E-state index contributed by atoms with van der Waals surface area (Å²) in [4.78, 5) is 24.5. The van der Waals surface area contributed by atoms with Crippen molar-refractivity contribution >= 4 is 40.2 Å². The van der Waals surface area contributed by atoms with Crippen LogP contribution in [-0.2, 0) is 0 Å². The molecule has 1 aromatic heterocycles. The van der Waals surface area contributed by atoms with Gasteiger partial charge in [-0.3, -0.25) is 35.4 Å². The lowest BCUT2D eigenvalue weighted by molar-refractivity contribution is -0.384. The molecule has 0 saturated heterocycles. The first kappa shape index (κ1) is 19.9. The molecule has 0 radical (unpaired) electrons. The average molecular weight is 424 g/mol. The number of aromatic nitrogens is 2. The molecule has 3 aromatic rings. The maximum absolute atomic E-state index is 11.6. The summed E-state index contributed by atoms with van der Waals surface area (Å²) in [6.07, 6.45) is -1.26. The monoisotopic (exact) mass is 424 g/mol. The van der Waals surface area contributed by atoms with Gasteiger partial charge >= 0.3 is 0 Å². The van der Waals surface area contributed by atoms with E-state index < -0.39 is 16.0 Å². The maximum Gasteiger partial charge on any atom is 0.293 e. The number of amidine groups is 1. The lowest BCUT2D eigenvalue weighted by atomic mass is 10.1. The van der Waals surface area contributed by atoms with Gasteiger partial charge in [0.25, 0.3) is 11.4 Å². The molecular weight excluding hydrogens is 408 g/mol. The van der Waals surface area contributed by atoms with E-state index in [4.69, 9.17) is 15.8 Å².